The molecule has 1 aromatic heterocycles. The van der Waals surface area contributed by atoms with Gasteiger partial charge in [-0.3, -0.25) is 10.4 Å². The molecule has 2 atom stereocenters. The molecule has 0 aliphatic carbocycles. The highest BCUT2D eigenvalue weighted by molar-refractivity contribution is 7.14. The van der Waals surface area contributed by atoms with Crippen molar-refractivity contribution in [3.05, 3.63) is 88.5 Å². The van der Waals surface area contributed by atoms with Crippen molar-refractivity contribution < 1.29 is 9.47 Å². The fraction of sp³-hybridized carbons (Fsp3) is 0.200. The number of ether oxygens (including phenoxy) is 2. The van der Waals surface area contributed by atoms with Crippen molar-refractivity contribution in [1.82, 2.24) is 10.4 Å². The molecule has 2 unspecified atom stereocenters. The van der Waals surface area contributed by atoms with Gasteiger partial charge in [0, 0.05) is 34.1 Å². The summed E-state index contributed by atoms with van der Waals surface area (Å²) >= 11 is 1.67. The van der Waals surface area contributed by atoms with Crippen LogP contribution in [0.5, 0.6) is 0 Å². The van der Waals surface area contributed by atoms with Crippen molar-refractivity contribution in [3.63, 3.8) is 0 Å². The van der Waals surface area contributed by atoms with Crippen molar-refractivity contribution in [1.29, 1.82) is 0 Å². The maximum Gasteiger partial charge on any atom is 0.181 e. The molecule has 1 saturated heterocycles. The second-order valence-corrected chi connectivity index (χ2v) is 8.97. The lowest BCUT2D eigenvalue weighted by atomic mass is 10.0. The molecule has 2 aromatic carbocycles. The van der Waals surface area contributed by atoms with Gasteiger partial charge in [0.1, 0.15) is 22.7 Å². The summed E-state index contributed by atoms with van der Waals surface area (Å²) in [5.74, 6) is 2.63. The van der Waals surface area contributed by atoms with E-state index in [1.54, 1.807) is 11.3 Å². The first-order valence-corrected chi connectivity index (χ1v) is 11.7. The molecule has 1 N–H and O–H groups in total. The number of aliphatic imine (C=N–C) groups is 2. The Labute approximate surface area is 189 Å². The molecule has 1 fully saturated rings. The number of hydrazine groups is 1. The summed E-state index contributed by atoms with van der Waals surface area (Å²) in [5.41, 5.74) is 9.18. The normalized spacial score (nSPS) is 23.6. The molecule has 6 nitrogen and oxygen atoms in total. The van der Waals surface area contributed by atoms with Crippen LogP contribution in [0.4, 0.5) is 5.00 Å². The third kappa shape index (κ3) is 2.82. The van der Waals surface area contributed by atoms with Gasteiger partial charge >= 0.3 is 0 Å². The quantitative estimate of drug-likeness (QED) is 0.596. The van der Waals surface area contributed by atoms with Gasteiger partial charge in [-0.25, -0.2) is 10.0 Å². The predicted molar refractivity (Wildman–Crippen MR) is 125 cm³/mol. The maximum atomic E-state index is 6.21. The highest BCUT2D eigenvalue weighted by Gasteiger charge is 2.52. The van der Waals surface area contributed by atoms with E-state index in [1.165, 1.54) is 16.7 Å². The molecular weight excluding hydrogens is 420 g/mol. The van der Waals surface area contributed by atoms with Crippen molar-refractivity contribution in [3.8, 4) is 11.1 Å². The molecule has 32 heavy (non-hydrogen) atoms. The van der Waals surface area contributed by atoms with Gasteiger partial charge in [0.2, 0.25) is 0 Å². The molecule has 0 spiro atoms. The Morgan fingerprint density at radius 2 is 1.91 bits per heavy atom. The van der Waals surface area contributed by atoms with Gasteiger partial charge < -0.3 is 9.47 Å². The van der Waals surface area contributed by atoms with E-state index in [1.807, 2.05) is 23.2 Å². The number of hydrogen-bond donors (Lipinski definition) is 1. The number of fused-ring (bicyclic) bond motifs is 7. The lowest BCUT2D eigenvalue weighted by molar-refractivity contribution is 0.230. The van der Waals surface area contributed by atoms with Crippen molar-refractivity contribution in [2.24, 2.45) is 9.98 Å². The summed E-state index contributed by atoms with van der Waals surface area (Å²) in [4.78, 5) is 9.97. The number of benzene rings is 2. The molecule has 4 aliphatic heterocycles. The summed E-state index contributed by atoms with van der Waals surface area (Å²) in [6.45, 7) is 1.27. The fourth-order valence-electron chi connectivity index (χ4n) is 4.56. The first kappa shape index (κ1) is 18.2. The van der Waals surface area contributed by atoms with Gasteiger partial charge in [0.15, 0.2) is 12.1 Å². The van der Waals surface area contributed by atoms with E-state index in [9.17, 15) is 0 Å². The van der Waals surface area contributed by atoms with Crippen LogP contribution in [0, 0.1) is 0 Å². The van der Waals surface area contributed by atoms with E-state index in [0.29, 0.717) is 6.54 Å². The number of amidine groups is 2. The number of nitrogens with one attached hydrogen (secondary N) is 1. The number of hydrogen-bond acceptors (Lipinski definition) is 6. The Morgan fingerprint density at radius 3 is 2.75 bits per heavy atom. The standard InChI is InChI=1S/C25H20N4O2S/c1-2-7-15(8-3-1)19-14-32-24-20(19)21-25(31-21)29-23(27-24)18-11-5-4-10-17(18)22(28-29)26-13-16-9-6-12-30-16/h1-5,7-11,14,21,25H,6,12-13H2,(H,26,28). The van der Waals surface area contributed by atoms with Crippen LogP contribution >= 0.6 is 11.3 Å². The monoisotopic (exact) mass is 440 g/mol. The van der Waals surface area contributed by atoms with E-state index in [-0.39, 0.29) is 12.3 Å². The summed E-state index contributed by atoms with van der Waals surface area (Å²) in [6.07, 6.45) is 2.93. The topological polar surface area (TPSA) is 61.8 Å². The van der Waals surface area contributed by atoms with E-state index < -0.39 is 0 Å². The number of nitrogens with zero attached hydrogens (tertiary/aromatic N) is 3. The average molecular weight is 441 g/mol. The van der Waals surface area contributed by atoms with Crippen LogP contribution in [0.15, 0.2) is 81.8 Å². The average Bonchev–Trinajstić information content (AvgIpc) is 3.26. The highest BCUT2D eigenvalue weighted by Crippen LogP contribution is 2.54. The zero-order chi connectivity index (χ0) is 21.1. The van der Waals surface area contributed by atoms with E-state index in [2.05, 4.69) is 53.3 Å². The number of thiophene rings is 1. The molecule has 7 heteroatoms. The summed E-state index contributed by atoms with van der Waals surface area (Å²) < 4.78 is 11.9. The van der Waals surface area contributed by atoms with Crippen LogP contribution in [0.3, 0.4) is 0 Å². The van der Waals surface area contributed by atoms with E-state index in [0.717, 1.165) is 46.6 Å². The Bertz CT molecular complexity index is 1310. The SMILES string of the molecule is C1=C(CN=C2NN3C(=Nc4scc(-c5ccccc5)c4C4OC43)c3ccccc32)OCC1. The smallest absolute Gasteiger partial charge is 0.181 e. The van der Waals surface area contributed by atoms with Crippen molar-refractivity contribution >= 4 is 28.0 Å². The molecule has 4 aliphatic rings. The molecular formula is C25H20N4O2S. The number of epoxide rings is 1. The molecule has 0 bridgehead atoms. The molecule has 158 valence electrons. The van der Waals surface area contributed by atoms with Crippen LogP contribution < -0.4 is 5.43 Å². The van der Waals surface area contributed by atoms with Gasteiger partial charge in [0.25, 0.3) is 0 Å². The first-order chi connectivity index (χ1) is 15.9. The van der Waals surface area contributed by atoms with Gasteiger partial charge in [-0.05, 0) is 11.6 Å². The van der Waals surface area contributed by atoms with Gasteiger partial charge in [-0.15, -0.1) is 11.3 Å². The number of rotatable bonds is 3. The Morgan fingerprint density at radius 1 is 1.06 bits per heavy atom. The van der Waals surface area contributed by atoms with Crippen LogP contribution in [0.1, 0.15) is 29.2 Å². The molecule has 3 aromatic rings. The molecule has 5 heterocycles. The Balaban J connectivity index is 1.32. The molecule has 0 saturated carbocycles. The van der Waals surface area contributed by atoms with Crippen LogP contribution in [0.25, 0.3) is 11.1 Å². The lowest BCUT2D eigenvalue weighted by Crippen LogP contribution is -2.53. The summed E-state index contributed by atoms with van der Waals surface area (Å²) in [7, 11) is 0. The van der Waals surface area contributed by atoms with Crippen molar-refractivity contribution in [2.75, 3.05) is 13.2 Å². The van der Waals surface area contributed by atoms with Gasteiger partial charge in [0.05, 0.1) is 13.2 Å². The third-order valence-electron chi connectivity index (χ3n) is 6.16. The minimum absolute atomic E-state index is 0.0207. The zero-order valence-electron chi connectivity index (χ0n) is 17.2. The van der Waals surface area contributed by atoms with E-state index in [4.69, 9.17) is 19.5 Å². The molecule has 0 amide bonds. The van der Waals surface area contributed by atoms with Crippen LogP contribution in [-0.4, -0.2) is 36.1 Å². The second kappa shape index (κ2) is 7.05. The van der Waals surface area contributed by atoms with Gasteiger partial charge in [-0.2, -0.15) is 0 Å². The van der Waals surface area contributed by atoms with E-state index >= 15 is 0 Å². The minimum atomic E-state index is -0.118. The highest BCUT2D eigenvalue weighted by atomic mass is 32.1. The molecule has 7 rings (SSSR count). The van der Waals surface area contributed by atoms with Crippen LogP contribution in [0.2, 0.25) is 0 Å². The van der Waals surface area contributed by atoms with Gasteiger partial charge in [-0.1, -0.05) is 54.6 Å². The fourth-order valence-corrected chi connectivity index (χ4v) is 5.55. The van der Waals surface area contributed by atoms with Crippen molar-refractivity contribution in [2.45, 2.75) is 18.8 Å². The summed E-state index contributed by atoms with van der Waals surface area (Å²) in [5, 5.41) is 5.25. The second-order valence-electron chi connectivity index (χ2n) is 8.12. The first-order valence-electron chi connectivity index (χ1n) is 10.8. The predicted octanol–water partition coefficient (Wildman–Crippen LogP) is 4.78. The largest absolute Gasteiger partial charge is 0.496 e. The Hall–Kier alpha value is -3.42. The minimum Gasteiger partial charge on any atom is -0.496 e. The summed E-state index contributed by atoms with van der Waals surface area (Å²) in [6, 6.07) is 18.7. The lowest BCUT2D eigenvalue weighted by Gasteiger charge is -2.32. The Kier molecular flexibility index (Phi) is 4.00. The zero-order valence-corrected chi connectivity index (χ0v) is 18.0. The maximum absolute atomic E-state index is 6.21. The third-order valence-corrected chi connectivity index (χ3v) is 7.04. The molecule has 0 radical (unpaired) electrons. The van der Waals surface area contributed by atoms with Crippen LogP contribution in [-0.2, 0) is 9.47 Å².